The van der Waals surface area contributed by atoms with Crippen molar-refractivity contribution in [3.8, 4) is 0 Å². The van der Waals surface area contributed by atoms with Crippen LogP contribution >= 0.6 is 34.2 Å². The third-order valence-corrected chi connectivity index (χ3v) is 4.08. The van der Waals surface area contributed by atoms with Crippen molar-refractivity contribution in [3.63, 3.8) is 0 Å². The van der Waals surface area contributed by atoms with Crippen LogP contribution in [0.2, 0.25) is 5.02 Å². The number of hydrogen-bond acceptors (Lipinski definition) is 3. The number of anilines is 1. The van der Waals surface area contributed by atoms with Crippen molar-refractivity contribution in [2.45, 2.75) is 6.92 Å². The van der Waals surface area contributed by atoms with Gasteiger partial charge in [-0.2, -0.15) is 0 Å². The number of carbonyl (C=O) groups is 2. The molecule has 1 amide bonds. The van der Waals surface area contributed by atoms with Gasteiger partial charge in [0.05, 0.1) is 5.56 Å². The quantitative estimate of drug-likeness (QED) is 0.589. The van der Waals surface area contributed by atoms with Crippen molar-refractivity contribution in [2.24, 2.45) is 0 Å². The summed E-state index contributed by atoms with van der Waals surface area (Å²) in [4.78, 5) is 23.8. The van der Waals surface area contributed by atoms with E-state index in [0.29, 0.717) is 16.3 Å². The molecule has 0 aliphatic heterocycles. The minimum Gasteiger partial charge on any atom is -0.452 e. The molecule has 114 valence electrons. The number of benzene rings is 2. The summed E-state index contributed by atoms with van der Waals surface area (Å²) in [5.41, 5.74) is 1.92. The molecular weight excluding hydrogens is 417 g/mol. The van der Waals surface area contributed by atoms with E-state index < -0.39 is 11.9 Å². The number of carbonyl (C=O) groups excluding carboxylic acids is 2. The highest BCUT2D eigenvalue weighted by atomic mass is 127. The summed E-state index contributed by atoms with van der Waals surface area (Å²) in [6.45, 7) is 1.50. The Labute approximate surface area is 146 Å². The van der Waals surface area contributed by atoms with Crippen molar-refractivity contribution < 1.29 is 14.3 Å². The lowest BCUT2D eigenvalue weighted by Gasteiger charge is -2.09. The molecule has 0 unspecified atom stereocenters. The zero-order valence-corrected chi connectivity index (χ0v) is 14.6. The van der Waals surface area contributed by atoms with Gasteiger partial charge in [0, 0.05) is 14.3 Å². The molecule has 0 heterocycles. The lowest BCUT2D eigenvalue weighted by molar-refractivity contribution is -0.119. The lowest BCUT2D eigenvalue weighted by Crippen LogP contribution is -2.21. The molecule has 0 aliphatic carbocycles. The molecule has 0 spiro atoms. The first-order valence-corrected chi connectivity index (χ1v) is 7.90. The average molecular weight is 430 g/mol. The molecule has 2 rings (SSSR count). The van der Waals surface area contributed by atoms with Crippen LogP contribution in [0.15, 0.2) is 42.5 Å². The van der Waals surface area contributed by atoms with Crippen molar-refractivity contribution in [3.05, 3.63) is 62.2 Å². The molecule has 0 atom stereocenters. The van der Waals surface area contributed by atoms with E-state index in [1.807, 2.05) is 35.6 Å². The third-order valence-electron chi connectivity index (χ3n) is 2.90. The summed E-state index contributed by atoms with van der Waals surface area (Å²) in [5, 5.41) is 3.19. The number of rotatable bonds is 4. The van der Waals surface area contributed by atoms with E-state index in [1.165, 1.54) is 0 Å². The molecule has 0 radical (unpaired) electrons. The standard InChI is InChI=1S/C16H13ClINO3/c1-10-6-7-11(17)8-14(10)19-15(20)9-22-16(21)12-4-2-3-5-13(12)18/h2-8H,9H2,1H3,(H,19,20). The van der Waals surface area contributed by atoms with Gasteiger partial charge in [-0.25, -0.2) is 4.79 Å². The van der Waals surface area contributed by atoms with Gasteiger partial charge in [0.15, 0.2) is 6.61 Å². The van der Waals surface area contributed by atoms with Gasteiger partial charge in [-0.3, -0.25) is 4.79 Å². The molecule has 6 heteroatoms. The molecule has 0 fully saturated rings. The van der Waals surface area contributed by atoms with Gasteiger partial charge >= 0.3 is 5.97 Å². The fourth-order valence-electron chi connectivity index (χ4n) is 1.75. The van der Waals surface area contributed by atoms with Gasteiger partial charge in [0.2, 0.25) is 0 Å². The predicted molar refractivity (Wildman–Crippen MR) is 94.3 cm³/mol. The first kappa shape index (κ1) is 16.8. The average Bonchev–Trinajstić information content (AvgIpc) is 2.49. The highest BCUT2D eigenvalue weighted by Gasteiger charge is 2.13. The smallest absolute Gasteiger partial charge is 0.339 e. The first-order chi connectivity index (χ1) is 10.5. The Kier molecular flexibility index (Phi) is 5.79. The molecule has 1 N–H and O–H groups in total. The second-order valence-corrected chi connectivity index (χ2v) is 6.16. The van der Waals surface area contributed by atoms with Gasteiger partial charge in [-0.1, -0.05) is 29.8 Å². The van der Waals surface area contributed by atoms with Crippen LogP contribution in [0.5, 0.6) is 0 Å². The van der Waals surface area contributed by atoms with E-state index in [2.05, 4.69) is 5.32 Å². The minimum absolute atomic E-state index is 0.351. The van der Waals surface area contributed by atoms with Crippen LogP contribution < -0.4 is 5.32 Å². The Morgan fingerprint density at radius 1 is 1.23 bits per heavy atom. The van der Waals surface area contributed by atoms with Crippen LogP contribution in [0.4, 0.5) is 5.69 Å². The Morgan fingerprint density at radius 2 is 1.95 bits per heavy atom. The number of amides is 1. The number of hydrogen-bond donors (Lipinski definition) is 1. The molecule has 0 saturated heterocycles. The molecule has 2 aromatic rings. The lowest BCUT2D eigenvalue weighted by atomic mass is 10.2. The van der Waals surface area contributed by atoms with Crippen LogP contribution in [0.1, 0.15) is 15.9 Å². The Hall–Kier alpha value is -1.60. The molecule has 0 aliphatic rings. The zero-order chi connectivity index (χ0) is 16.1. The van der Waals surface area contributed by atoms with Crippen LogP contribution in [-0.2, 0) is 9.53 Å². The summed E-state index contributed by atoms with van der Waals surface area (Å²) in [6, 6.07) is 12.2. The maximum absolute atomic E-state index is 11.9. The fourth-order valence-corrected chi connectivity index (χ4v) is 2.53. The van der Waals surface area contributed by atoms with Gasteiger partial charge in [-0.15, -0.1) is 0 Å². The molecule has 0 saturated carbocycles. The van der Waals surface area contributed by atoms with Crippen molar-refractivity contribution >= 4 is 51.8 Å². The highest BCUT2D eigenvalue weighted by molar-refractivity contribution is 14.1. The summed E-state index contributed by atoms with van der Waals surface area (Å²) in [5.74, 6) is -0.937. The Balaban J connectivity index is 1.94. The topological polar surface area (TPSA) is 55.4 Å². The zero-order valence-electron chi connectivity index (χ0n) is 11.7. The summed E-state index contributed by atoms with van der Waals surface area (Å²) >= 11 is 7.93. The molecule has 0 aromatic heterocycles. The van der Waals surface area contributed by atoms with Crippen molar-refractivity contribution in [1.82, 2.24) is 0 Å². The van der Waals surface area contributed by atoms with E-state index in [9.17, 15) is 9.59 Å². The normalized spacial score (nSPS) is 10.1. The summed E-state index contributed by atoms with van der Waals surface area (Å²) in [6.07, 6.45) is 0. The SMILES string of the molecule is Cc1ccc(Cl)cc1NC(=O)COC(=O)c1ccccc1I. The van der Waals surface area contributed by atoms with Gasteiger partial charge < -0.3 is 10.1 Å². The molecule has 4 nitrogen and oxygen atoms in total. The Morgan fingerprint density at radius 3 is 2.68 bits per heavy atom. The molecular formula is C16H13ClINO3. The monoisotopic (exact) mass is 429 g/mol. The molecule has 22 heavy (non-hydrogen) atoms. The van der Waals surface area contributed by atoms with Crippen LogP contribution in [0.3, 0.4) is 0 Å². The second-order valence-electron chi connectivity index (χ2n) is 4.56. The first-order valence-electron chi connectivity index (χ1n) is 6.45. The Bertz CT molecular complexity index is 718. The summed E-state index contributed by atoms with van der Waals surface area (Å²) < 4.78 is 5.80. The van der Waals surface area contributed by atoms with E-state index in [0.717, 1.165) is 9.13 Å². The van der Waals surface area contributed by atoms with E-state index in [4.69, 9.17) is 16.3 Å². The number of ether oxygens (including phenoxy) is 1. The van der Waals surface area contributed by atoms with Crippen molar-refractivity contribution in [1.29, 1.82) is 0 Å². The number of nitrogens with one attached hydrogen (secondary N) is 1. The fraction of sp³-hybridized carbons (Fsp3) is 0.125. The maximum Gasteiger partial charge on any atom is 0.339 e. The molecule has 2 aromatic carbocycles. The van der Waals surface area contributed by atoms with E-state index in [-0.39, 0.29) is 6.61 Å². The maximum atomic E-state index is 11.9. The van der Waals surface area contributed by atoms with E-state index >= 15 is 0 Å². The second kappa shape index (κ2) is 7.60. The van der Waals surface area contributed by atoms with Gasteiger partial charge in [0.25, 0.3) is 5.91 Å². The predicted octanol–water partition coefficient (Wildman–Crippen LogP) is 4.05. The van der Waals surface area contributed by atoms with Crippen molar-refractivity contribution in [2.75, 3.05) is 11.9 Å². The van der Waals surface area contributed by atoms with E-state index in [1.54, 1.807) is 36.4 Å². The highest BCUT2D eigenvalue weighted by Crippen LogP contribution is 2.20. The number of esters is 1. The third kappa shape index (κ3) is 4.45. The van der Waals surface area contributed by atoms with Crippen LogP contribution in [0, 0.1) is 10.5 Å². The number of aryl methyl sites for hydroxylation is 1. The number of halogens is 2. The molecule has 0 bridgehead atoms. The largest absolute Gasteiger partial charge is 0.452 e. The van der Waals surface area contributed by atoms with Gasteiger partial charge in [0.1, 0.15) is 0 Å². The summed E-state index contributed by atoms with van der Waals surface area (Å²) in [7, 11) is 0. The minimum atomic E-state index is -0.525. The van der Waals surface area contributed by atoms with Crippen LogP contribution in [-0.4, -0.2) is 18.5 Å². The van der Waals surface area contributed by atoms with Crippen LogP contribution in [0.25, 0.3) is 0 Å². The van der Waals surface area contributed by atoms with Gasteiger partial charge in [-0.05, 0) is 59.3 Å².